The van der Waals surface area contributed by atoms with E-state index in [-0.39, 0.29) is 0 Å². The van der Waals surface area contributed by atoms with Crippen LogP contribution < -0.4 is 5.32 Å². The number of rotatable bonds is 11. The summed E-state index contributed by atoms with van der Waals surface area (Å²) in [5.41, 5.74) is 1.35. The summed E-state index contributed by atoms with van der Waals surface area (Å²) in [7, 11) is 1.69. The Morgan fingerprint density at radius 2 is 1.85 bits per heavy atom. The molecule has 3 nitrogen and oxygen atoms in total. The van der Waals surface area contributed by atoms with Gasteiger partial charge in [-0.1, -0.05) is 35.0 Å². The van der Waals surface area contributed by atoms with Crippen LogP contribution in [0.4, 0.5) is 0 Å². The highest BCUT2D eigenvalue weighted by atomic mass is 79.9. The van der Waals surface area contributed by atoms with Crippen molar-refractivity contribution < 1.29 is 9.47 Å². The van der Waals surface area contributed by atoms with Gasteiger partial charge in [-0.2, -0.15) is 0 Å². The van der Waals surface area contributed by atoms with Gasteiger partial charge in [0.2, 0.25) is 0 Å². The molecule has 0 aliphatic carbocycles. The standard InChI is InChI=1S/C16H26BrNO2/c1-3-16(14-6-8-15(17)9-7-14)18-10-4-5-11-20-13-12-19-2/h6-9,16,18H,3-5,10-13H2,1-2H3. The molecule has 0 aliphatic heterocycles. The van der Waals surface area contributed by atoms with Crippen molar-refractivity contribution in [2.24, 2.45) is 0 Å². The van der Waals surface area contributed by atoms with Crippen molar-refractivity contribution in [2.45, 2.75) is 32.2 Å². The quantitative estimate of drug-likeness (QED) is 0.617. The minimum absolute atomic E-state index is 0.442. The predicted octanol–water partition coefficient (Wildman–Crippen LogP) is 3.93. The molecule has 1 aromatic rings. The zero-order valence-electron chi connectivity index (χ0n) is 12.5. The second-order valence-electron chi connectivity index (χ2n) is 4.78. The van der Waals surface area contributed by atoms with Crippen molar-refractivity contribution in [2.75, 3.05) is 33.5 Å². The van der Waals surface area contributed by atoms with Crippen LogP contribution in [0.5, 0.6) is 0 Å². The molecule has 0 saturated heterocycles. The summed E-state index contributed by atoms with van der Waals surface area (Å²) < 4.78 is 11.5. The maximum absolute atomic E-state index is 5.45. The maximum Gasteiger partial charge on any atom is 0.0700 e. The summed E-state index contributed by atoms with van der Waals surface area (Å²) >= 11 is 3.47. The smallest absolute Gasteiger partial charge is 0.0700 e. The SMILES string of the molecule is CCC(NCCCCOCCOC)c1ccc(Br)cc1. The van der Waals surface area contributed by atoms with Crippen molar-refractivity contribution in [3.63, 3.8) is 0 Å². The summed E-state index contributed by atoms with van der Waals surface area (Å²) in [6.07, 6.45) is 3.33. The molecule has 1 rings (SSSR count). The number of ether oxygens (including phenoxy) is 2. The molecule has 1 unspecified atom stereocenters. The molecule has 4 heteroatoms. The van der Waals surface area contributed by atoms with Gasteiger partial charge in [0.1, 0.15) is 0 Å². The van der Waals surface area contributed by atoms with Gasteiger partial charge in [0.05, 0.1) is 13.2 Å². The van der Waals surface area contributed by atoms with Gasteiger partial charge in [-0.3, -0.25) is 0 Å². The average molecular weight is 344 g/mol. The van der Waals surface area contributed by atoms with Crippen LogP contribution in [0.25, 0.3) is 0 Å². The summed E-state index contributed by atoms with van der Waals surface area (Å²) in [6.45, 7) is 5.44. The van der Waals surface area contributed by atoms with E-state index in [0.717, 1.165) is 36.9 Å². The first kappa shape index (κ1) is 17.6. The molecule has 0 amide bonds. The van der Waals surface area contributed by atoms with Crippen LogP contribution in [-0.4, -0.2) is 33.5 Å². The Kier molecular flexibility index (Phi) is 9.93. The molecule has 0 fully saturated rings. The minimum Gasteiger partial charge on any atom is -0.382 e. The first-order chi connectivity index (χ1) is 9.77. The van der Waals surface area contributed by atoms with Crippen molar-refractivity contribution in [1.29, 1.82) is 0 Å². The van der Waals surface area contributed by atoms with E-state index in [0.29, 0.717) is 19.3 Å². The van der Waals surface area contributed by atoms with Crippen LogP contribution in [0.2, 0.25) is 0 Å². The summed E-state index contributed by atoms with van der Waals surface area (Å²) in [6, 6.07) is 9.00. The van der Waals surface area contributed by atoms with Crippen LogP contribution in [0.3, 0.4) is 0 Å². The molecule has 114 valence electrons. The molecule has 1 N–H and O–H groups in total. The molecule has 0 saturated carbocycles. The number of benzene rings is 1. The topological polar surface area (TPSA) is 30.5 Å². The third kappa shape index (κ3) is 7.39. The Hall–Kier alpha value is -0.420. The number of hydrogen-bond acceptors (Lipinski definition) is 3. The van der Waals surface area contributed by atoms with Crippen LogP contribution in [0.1, 0.15) is 37.8 Å². The largest absolute Gasteiger partial charge is 0.382 e. The zero-order chi connectivity index (χ0) is 14.6. The van der Waals surface area contributed by atoms with Gasteiger partial charge >= 0.3 is 0 Å². The fraction of sp³-hybridized carbons (Fsp3) is 0.625. The van der Waals surface area contributed by atoms with Crippen LogP contribution in [0.15, 0.2) is 28.7 Å². The van der Waals surface area contributed by atoms with E-state index in [1.807, 2.05) is 0 Å². The Labute approximate surface area is 131 Å². The van der Waals surface area contributed by atoms with E-state index >= 15 is 0 Å². The van der Waals surface area contributed by atoms with Crippen molar-refractivity contribution >= 4 is 15.9 Å². The second-order valence-corrected chi connectivity index (χ2v) is 5.69. The fourth-order valence-corrected chi connectivity index (χ4v) is 2.31. The van der Waals surface area contributed by atoms with E-state index < -0.39 is 0 Å². The molecule has 1 atom stereocenters. The van der Waals surface area contributed by atoms with Crippen molar-refractivity contribution in [3.8, 4) is 0 Å². The lowest BCUT2D eigenvalue weighted by Crippen LogP contribution is -2.22. The molecule has 0 bridgehead atoms. The Morgan fingerprint density at radius 3 is 2.50 bits per heavy atom. The third-order valence-electron chi connectivity index (χ3n) is 3.22. The van der Waals surface area contributed by atoms with E-state index in [2.05, 4.69) is 52.4 Å². The number of unbranched alkanes of at least 4 members (excludes halogenated alkanes) is 1. The highest BCUT2D eigenvalue weighted by Gasteiger charge is 2.07. The average Bonchev–Trinajstić information content (AvgIpc) is 2.47. The molecular formula is C16H26BrNO2. The summed E-state index contributed by atoms with van der Waals surface area (Å²) in [5.74, 6) is 0. The predicted molar refractivity (Wildman–Crippen MR) is 87.1 cm³/mol. The number of nitrogens with one attached hydrogen (secondary N) is 1. The summed E-state index contributed by atoms with van der Waals surface area (Å²) in [5, 5.41) is 3.61. The molecule has 1 aromatic carbocycles. The van der Waals surface area contributed by atoms with E-state index in [1.54, 1.807) is 7.11 Å². The Morgan fingerprint density at radius 1 is 1.10 bits per heavy atom. The van der Waals surface area contributed by atoms with Gasteiger partial charge < -0.3 is 14.8 Å². The molecule has 0 heterocycles. The van der Waals surface area contributed by atoms with Gasteiger partial charge in [0.25, 0.3) is 0 Å². The normalized spacial score (nSPS) is 12.6. The van der Waals surface area contributed by atoms with E-state index in [4.69, 9.17) is 9.47 Å². The monoisotopic (exact) mass is 343 g/mol. The van der Waals surface area contributed by atoms with Crippen molar-refractivity contribution in [1.82, 2.24) is 5.32 Å². The number of methoxy groups -OCH3 is 1. The first-order valence-corrected chi connectivity index (χ1v) is 8.12. The lowest BCUT2D eigenvalue weighted by atomic mass is 10.0. The fourth-order valence-electron chi connectivity index (χ4n) is 2.04. The highest BCUT2D eigenvalue weighted by molar-refractivity contribution is 9.10. The maximum atomic E-state index is 5.45. The van der Waals surface area contributed by atoms with Gasteiger partial charge in [0, 0.05) is 24.2 Å². The Balaban J connectivity index is 2.14. The van der Waals surface area contributed by atoms with Crippen LogP contribution in [0, 0.1) is 0 Å². The molecule has 20 heavy (non-hydrogen) atoms. The minimum atomic E-state index is 0.442. The van der Waals surface area contributed by atoms with Crippen LogP contribution >= 0.6 is 15.9 Å². The third-order valence-corrected chi connectivity index (χ3v) is 3.75. The highest BCUT2D eigenvalue weighted by Crippen LogP contribution is 2.19. The lowest BCUT2D eigenvalue weighted by Gasteiger charge is -2.17. The lowest BCUT2D eigenvalue weighted by molar-refractivity contribution is 0.0687. The molecule has 0 aliphatic rings. The zero-order valence-corrected chi connectivity index (χ0v) is 14.1. The second kappa shape index (κ2) is 11.3. The Bertz CT molecular complexity index is 343. The van der Waals surface area contributed by atoms with Crippen LogP contribution in [-0.2, 0) is 9.47 Å². The van der Waals surface area contributed by atoms with E-state index in [1.165, 1.54) is 5.56 Å². The molecular weight excluding hydrogens is 318 g/mol. The number of halogens is 1. The van der Waals surface area contributed by atoms with Crippen molar-refractivity contribution in [3.05, 3.63) is 34.3 Å². The molecule has 0 radical (unpaired) electrons. The molecule has 0 spiro atoms. The number of hydrogen-bond donors (Lipinski definition) is 1. The van der Waals surface area contributed by atoms with Gasteiger partial charge in [-0.25, -0.2) is 0 Å². The van der Waals surface area contributed by atoms with Gasteiger partial charge in [-0.05, 0) is 43.5 Å². The van der Waals surface area contributed by atoms with Gasteiger partial charge in [0.15, 0.2) is 0 Å². The first-order valence-electron chi connectivity index (χ1n) is 7.33. The summed E-state index contributed by atoms with van der Waals surface area (Å²) in [4.78, 5) is 0. The van der Waals surface area contributed by atoms with Gasteiger partial charge in [-0.15, -0.1) is 0 Å². The van der Waals surface area contributed by atoms with E-state index in [9.17, 15) is 0 Å². The molecule has 0 aromatic heterocycles.